The first-order chi connectivity index (χ1) is 8.54. The molecule has 6 nitrogen and oxygen atoms in total. The largest absolute Gasteiger partial charge is 0.383 e. The van der Waals surface area contributed by atoms with Crippen LogP contribution in [0.3, 0.4) is 0 Å². The number of unbranched alkanes of at least 4 members (excludes halogenated alkanes) is 1. The number of nitrogens with one attached hydrogen (secondary N) is 2. The highest BCUT2D eigenvalue weighted by molar-refractivity contribution is 5.93. The van der Waals surface area contributed by atoms with Crippen LogP contribution in [-0.2, 0) is 4.79 Å². The number of rotatable bonds is 6. The number of benzene rings is 1. The molecule has 6 heteroatoms. The van der Waals surface area contributed by atoms with Crippen molar-refractivity contribution in [2.45, 2.75) is 26.7 Å². The van der Waals surface area contributed by atoms with Gasteiger partial charge in [0.25, 0.3) is 5.69 Å². The fourth-order valence-electron chi connectivity index (χ4n) is 1.49. The second-order valence-electron chi connectivity index (χ2n) is 3.95. The summed E-state index contributed by atoms with van der Waals surface area (Å²) in [7, 11) is 0. The number of non-ortho nitro benzene ring substituents is 1. The lowest BCUT2D eigenvalue weighted by atomic mass is 10.2. The van der Waals surface area contributed by atoms with Gasteiger partial charge in [0.15, 0.2) is 0 Å². The number of anilines is 2. The lowest BCUT2D eigenvalue weighted by Crippen LogP contribution is -2.10. The van der Waals surface area contributed by atoms with Crippen molar-refractivity contribution in [1.29, 1.82) is 0 Å². The van der Waals surface area contributed by atoms with E-state index in [2.05, 4.69) is 17.6 Å². The van der Waals surface area contributed by atoms with Crippen LogP contribution in [0.15, 0.2) is 18.2 Å². The number of nitro groups is 1. The van der Waals surface area contributed by atoms with Gasteiger partial charge in [-0.15, -0.1) is 0 Å². The normalized spacial score (nSPS) is 9.89. The molecule has 0 aromatic heterocycles. The minimum atomic E-state index is -0.485. The number of nitrogens with zero attached hydrogens (tertiary/aromatic N) is 1. The van der Waals surface area contributed by atoms with E-state index >= 15 is 0 Å². The van der Waals surface area contributed by atoms with Crippen molar-refractivity contribution in [2.75, 3.05) is 17.2 Å². The monoisotopic (exact) mass is 251 g/mol. The molecule has 0 spiro atoms. The van der Waals surface area contributed by atoms with Crippen LogP contribution in [0.5, 0.6) is 0 Å². The molecule has 0 bridgehead atoms. The Labute approximate surface area is 106 Å². The minimum Gasteiger partial charge on any atom is -0.383 e. The second-order valence-corrected chi connectivity index (χ2v) is 3.95. The number of hydrogen-bond donors (Lipinski definition) is 2. The van der Waals surface area contributed by atoms with Crippen molar-refractivity contribution in [3.8, 4) is 0 Å². The summed E-state index contributed by atoms with van der Waals surface area (Å²) in [5.41, 5.74) is 1.09. The van der Waals surface area contributed by atoms with Gasteiger partial charge in [-0.25, -0.2) is 0 Å². The Hall–Kier alpha value is -2.11. The van der Waals surface area contributed by atoms with Gasteiger partial charge in [-0.3, -0.25) is 14.9 Å². The van der Waals surface area contributed by atoms with Crippen LogP contribution in [0.2, 0.25) is 0 Å². The summed E-state index contributed by atoms with van der Waals surface area (Å²) in [6, 6.07) is 4.38. The Morgan fingerprint density at radius 3 is 2.67 bits per heavy atom. The lowest BCUT2D eigenvalue weighted by Gasteiger charge is -2.11. The number of nitro benzene ring substituents is 1. The summed E-state index contributed by atoms with van der Waals surface area (Å²) in [5, 5.41) is 16.4. The van der Waals surface area contributed by atoms with Crippen LogP contribution in [-0.4, -0.2) is 17.4 Å². The molecule has 2 N–H and O–H groups in total. The van der Waals surface area contributed by atoms with E-state index in [1.54, 1.807) is 6.07 Å². The summed E-state index contributed by atoms with van der Waals surface area (Å²) < 4.78 is 0. The Morgan fingerprint density at radius 2 is 2.11 bits per heavy atom. The highest BCUT2D eigenvalue weighted by atomic mass is 16.6. The SMILES string of the molecule is CCCCNc1ccc([N+](=O)[O-])cc1NC(C)=O. The maximum atomic E-state index is 11.1. The highest BCUT2D eigenvalue weighted by Crippen LogP contribution is 2.27. The van der Waals surface area contributed by atoms with Gasteiger partial charge in [0.2, 0.25) is 5.91 Å². The van der Waals surface area contributed by atoms with E-state index in [0.717, 1.165) is 19.4 Å². The Bertz CT molecular complexity index is 446. The van der Waals surface area contributed by atoms with Gasteiger partial charge in [-0.05, 0) is 12.5 Å². The molecule has 1 aromatic rings. The van der Waals surface area contributed by atoms with Crippen molar-refractivity contribution in [1.82, 2.24) is 0 Å². The van der Waals surface area contributed by atoms with E-state index in [4.69, 9.17) is 0 Å². The summed E-state index contributed by atoms with van der Waals surface area (Å²) in [6.45, 7) is 4.21. The minimum absolute atomic E-state index is 0.0419. The van der Waals surface area contributed by atoms with Crippen LogP contribution in [0.1, 0.15) is 26.7 Å². The number of hydrogen-bond acceptors (Lipinski definition) is 4. The molecule has 1 aromatic carbocycles. The summed E-state index contributed by atoms with van der Waals surface area (Å²) in [4.78, 5) is 21.3. The van der Waals surface area contributed by atoms with Crippen molar-refractivity contribution in [3.05, 3.63) is 28.3 Å². The van der Waals surface area contributed by atoms with Crippen LogP contribution >= 0.6 is 0 Å². The van der Waals surface area contributed by atoms with Crippen molar-refractivity contribution < 1.29 is 9.72 Å². The quantitative estimate of drug-likeness (QED) is 0.462. The molecule has 0 saturated carbocycles. The van der Waals surface area contributed by atoms with E-state index < -0.39 is 4.92 Å². The molecule has 0 atom stereocenters. The van der Waals surface area contributed by atoms with Gasteiger partial charge >= 0.3 is 0 Å². The van der Waals surface area contributed by atoms with Gasteiger partial charge in [-0.2, -0.15) is 0 Å². The average molecular weight is 251 g/mol. The zero-order valence-corrected chi connectivity index (χ0v) is 10.5. The zero-order valence-electron chi connectivity index (χ0n) is 10.5. The van der Waals surface area contributed by atoms with E-state index in [1.165, 1.54) is 19.1 Å². The smallest absolute Gasteiger partial charge is 0.271 e. The molecular weight excluding hydrogens is 234 g/mol. The Morgan fingerprint density at radius 1 is 1.39 bits per heavy atom. The van der Waals surface area contributed by atoms with Crippen LogP contribution < -0.4 is 10.6 Å². The topological polar surface area (TPSA) is 84.3 Å². The fraction of sp³-hybridized carbons (Fsp3) is 0.417. The fourth-order valence-corrected chi connectivity index (χ4v) is 1.49. The van der Waals surface area contributed by atoms with Gasteiger partial charge in [-0.1, -0.05) is 13.3 Å². The Balaban J connectivity index is 2.93. The molecule has 18 heavy (non-hydrogen) atoms. The molecule has 0 aliphatic rings. The first-order valence-electron chi connectivity index (χ1n) is 5.84. The van der Waals surface area contributed by atoms with E-state index in [1.807, 2.05) is 0 Å². The molecule has 0 radical (unpaired) electrons. The third kappa shape index (κ3) is 4.04. The van der Waals surface area contributed by atoms with E-state index in [-0.39, 0.29) is 11.6 Å². The van der Waals surface area contributed by atoms with Crippen LogP contribution in [0, 0.1) is 10.1 Å². The van der Waals surface area contributed by atoms with E-state index in [0.29, 0.717) is 11.4 Å². The van der Waals surface area contributed by atoms with Gasteiger partial charge in [0.05, 0.1) is 16.3 Å². The summed E-state index contributed by atoms with van der Waals surface area (Å²) >= 11 is 0. The van der Waals surface area contributed by atoms with Gasteiger partial charge in [0.1, 0.15) is 0 Å². The maximum Gasteiger partial charge on any atom is 0.271 e. The first kappa shape index (κ1) is 14.0. The Kier molecular flexibility index (Phi) is 5.10. The summed E-state index contributed by atoms with van der Waals surface area (Å²) in [5.74, 6) is -0.256. The molecular formula is C12H17N3O3. The van der Waals surface area contributed by atoms with Gasteiger partial charge < -0.3 is 10.6 Å². The van der Waals surface area contributed by atoms with Gasteiger partial charge in [0, 0.05) is 25.6 Å². The zero-order chi connectivity index (χ0) is 13.5. The molecule has 98 valence electrons. The number of carbonyl (C=O) groups is 1. The number of amides is 1. The molecule has 1 rings (SSSR count). The molecule has 0 fully saturated rings. The molecule has 0 unspecified atom stereocenters. The first-order valence-corrected chi connectivity index (χ1v) is 5.84. The predicted octanol–water partition coefficient (Wildman–Crippen LogP) is 2.77. The maximum absolute atomic E-state index is 11.1. The molecule has 0 heterocycles. The van der Waals surface area contributed by atoms with Crippen molar-refractivity contribution >= 4 is 23.0 Å². The van der Waals surface area contributed by atoms with Crippen molar-refractivity contribution in [2.24, 2.45) is 0 Å². The molecule has 0 aliphatic carbocycles. The standard InChI is InChI=1S/C12H17N3O3/c1-3-4-7-13-11-6-5-10(15(17)18)8-12(11)14-9(2)16/h5-6,8,13H,3-4,7H2,1-2H3,(H,14,16). The van der Waals surface area contributed by atoms with Crippen LogP contribution in [0.25, 0.3) is 0 Å². The lowest BCUT2D eigenvalue weighted by molar-refractivity contribution is -0.384. The molecule has 1 amide bonds. The third-order valence-corrected chi connectivity index (χ3v) is 2.37. The van der Waals surface area contributed by atoms with Crippen molar-refractivity contribution in [3.63, 3.8) is 0 Å². The highest BCUT2D eigenvalue weighted by Gasteiger charge is 2.11. The number of carbonyl (C=O) groups excluding carboxylic acids is 1. The second kappa shape index (κ2) is 6.58. The predicted molar refractivity (Wildman–Crippen MR) is 70.8 cm³/mol. The summed E-state index contributed by atoms with van der Waals surface area (Å²) in [6.07, 6.45) is 2.05. The van der Waals surface area contributed by atoms with E-state index in [9.17, 15) is 14.9 Å². The average Bonchev–Trinajstić information content (AvgIpc) is 2.30. The molecule has 0 saturated heterocycles. The third-order valence-electron chi connectivity index (χ3n) is 2.37. The molecule has 0 aliphatic heterocycles. The van der Waals surface area contributed by atoms with Crippen LogP contribution in [0.4, 0.5) is 17.1 Å².